The molecule has 2 N–H and O–H groups in total. The number of hydrogen-bond acceptors (Lipinski definition) is 3. The molecule has 1 aliphatic heterocycles. The van der Waals surface area contributed by atoms with Crippen LogP contribution < -0.4 is 14.8 Å². The fourth-order valence-corrected chi connectivity index (χ4v) is 4.13. The molecule has 0 radical (unpaired) electrons. The van der Waals surface area contributed by atoms with Crippen LogP contribution in [0.2, 0.25) is 0 Å². The van der Waals surface area contributed by atoms with Gasteiger partial charge >= 0.3 is 0 Å². The number of ether oxygens (including phenoxy) is 2. The second kappa shape index (κ2) is 6.39. The highest BCUT2D eigenvalue weighted by molar-refractivity contribution is 6.03. The molecule has 2 aromatic carbocycles. The van der Waals surface area contributed by atoms with Crippen molar-refractivity contribution in [3.63, 3.8) is 0 Å². The van der Waals surface area contributed by atoms with Crippen LogP contribution in [0.4, 0.5) is 5.69 Å². The average molecular weight is 402 g/mol. The molecule has 1 saturated carbocycles. The summed E-state index contributed by atoms with van der Waals surface area (Å²) in [6.07, 6.45) is 3.48. The Kier molecular flexibility index (Phi) is 4.01. The fraction of sp³-hybridized carbons (Fsp3) is 0.320. The topological polar surface area (TPSA) is 63.4 Å². The molecule has 5 heteroatoms. The van der Waals surface area contributed by atoms with Gasteiger partial charge < -0.3 is 19.8 Å². The number of aromatic amines is 1. The van der Waals surface area contributed by atoms with E-state index in [0.29, 0.717) is 5.75 Å². The minimum Gasteiger partial charge on any atom is -0.454 e. The van der Waals surface area contributed by atoms with Crippen molar-refractivity contribution in [2.24, 2.45) is 0 Å². The molecule has 0 spiro atoms. The lowest BCUT2D eigenvalue weighted by atomic mass is 9.92. The highest BCUT2D eigenvalue weighted by Gasteiger charge is 2.51. The van der Waals surface area contributed by atoms with Gasteiger partial charge in [-0.2, -0.15) is 0 Å². The minimum atomic E-state index is -0.501. The predicted molar refractivity (Wildman–Crippen MR) is 119 cm³/mol. The van der Waals surface area contributed by atoms with Crippen molar-refractivity contribution in [1.29, 1.82) is 0 Å². The van der Waals surface area contributed by atoms with Gasteiger partial charge in [0.2, 0.25) is 12.7 Å². The number of carbonyl (C=O) groups is 1. The molecule has 5 rings (SSSR count). The van der Waals surface area contributed by atoms with Crippen molar-refractivity contribution in [1.82, 2.24) is 4.98 Å². The maximum absolute atomic E-state index is 13.3. The molecular formula is C25H26N2O3. The van der Waals surface area contributed by atoms with Gasteiger partial charge in [0.05, 0.1) is 10.9 Å². The first-order valence-electron chi connectivity index (χ1n) is 10.3. The number of anilines is 1. The first kappa shape index (κ1) is 18.8. The van der Waals surface area contributed by atoms with E-state index >= 15 is 0 Å². The molecule has 0 bridgehead atoms. The van der Waals surface area contributed by atoms with E-state index in [-0.39, 0.29) is 18.1 Å². The molecule has 1 fully saturated rings. The SMILES string of the molecule is C=Cc1cc(NC(=O)C2(c3ccc4c(c3)OCO4)CC2)cc2cc(C(C)(C)C)[nH]c12. The summed E-state index contributed by atoms with van der Waals surface area (Å²) in [5, 5.41) is 4.22. The number of fused-ring (bicyclic) bond motifs is 2. The second-order valence-electron chi connectivity index (χ2n) is 9.27. The molecular weight excluding hydrogens is 376 g/mol. The monoisotopic (exact) mass is 402 g/mol. The van der Waals surface area contributed by atoms with Crippen LogP contribution in [-0.4, -0.2) is 17.7 Å². The quantitative estimate of drug-likeness (QED) is 0.605. The fourth-order valence-electron chi connectivity index (χ4n) is 4.13. The first-order chi connectivity index (χ1) is 14.3. The van der Waals surface area contributed by atoms with Crippen LogP contribution in [-0.2, 0) is 15.6 Å². The Bertz CT molecular complexity index is 1180. The molecule has 1 amide bonds. The van der Waals surface area contributed by atoms with Gasteiger partial charge in [-0.3, -0.25) is 4.79 Å². The first-order valence-corrected chi connectivity index (χ1v) is 10.3. The lowest BCUT2D eigenvalue weighted by molar-refractivity contribution is -0.118. The minimum absolute atomic E-state index is 0.0122. The summed E-state index contributed by atoms with van der Waals surface area (Å²) in [5.41, 5.74) is 4.45. The second-order valence-corrected chi connectivity index (χ2v) is 9.27. The van der Waals surface area contributed by atoms with E-state index in [0.717, 1.165) is 52.0 Å². The molecule has 0 atom stereocenters. The van der Waals surface area contributed by atoms with Crippen LogP contribution in [0.3, 0.4) is 0 Å². The maximum Gasteiger partial charge on any atom is 0.235 e. The van der Waals surface area contributed by atoms with E-state index in [1.54, 1.807) is 0 Å². The van der Waals surface area contributed by atoms with Crippen molar-refractivity contribution in [2.75, 3.05) is 12.1 Å². The number of rotatable bonds is 4. The molecule has 1 aromatic heterocycles. The van der Waals surface area contributed by atoms with Crippen LogP contribution in [0.15, 0.2) is 43.0 Å². The Morgan fingerprint density at radius 2 is 1.90 bits per heavy atom. The number of hydrogen-bond donors (Lipinski definition) is 2. The number of H-pyrrole nitrogens is 1. The molecule has 1 aliphatic carbocycles. The van der Waals surface area contributed by atoms with Crippen molar-refractivity contribution in [2.45, 2.75) is 44.4 Å². The van der Waals surface area contributed by atoms with Gasteiger partial charge in [-0.15, -0.1) is 0 Å². The molecule has 2 aliphatic rings. The van der Waals surface area contributed by atoms with Crippen LogP contribution in [0, 0.1) is 0 Å². The predicted octanol–water partition coefficient (Wildman–Crippen LogP) is 5.51. The summed E-state index contributed by atoms with van der Waals surface area (Å²) in [6, 6.07) is 12.0. The Morgan fingerprint density at radius 3 is 2.60 bits per heavy atom. The van der Waals surface area contributed by atoms with Crippen molar-refractivity contribution in [3.05, 3.63) is 59.8 Å². The molecule has 0 saturated heterocycles. The van der Waals surface area contributed by atoms with Gasteiger partial charge in [-0.1, -0.05) is 39.5 Å². The number of aromatic nitrogens is 1. The number of carbonyl (C=O) groups excluding carboxylic acids is 1. The third kappa shape index (κ3) is 2.96. The summed E-state index contributed by atoms with van der Waals surface area (Å²) >= 11 is 0. The summed E-state index contributed by atoms with van der Waals surface area (Å²) in [4.78, 5) is 16.8. The molecule has 0 unspecified atom stereocenters. The molecule has 3 aromatic rings. The van der Waals surface area contributed by atoms with E-state index in [9.17, 15) is 4.79 Å². The Hall–Kier alpha value is -3.21. The molecule has 2 heterocycles. The lowest BCUT2D eigenvalue weighted by Crippen LogP contribution is -2.27. The average Bonchev–Trinajstić information content (AvgIpc) is 3.18. The molecule has 154 valence electrons. The Labute approximate surface area is 176 Å². The van der Waals surface area contributed by atoms with Gasteiger partial charge in [0.25, 0.3) is 0 Å². The van der Waals surface area contributed by atoms with E-state index in [1.807, 2.05) is 36.4 Å². The normalized spacial score (nSPS) is 16.5. The molecule has 5 nitrogen and oxygen atoms in total. The Balaban J connectivity index is 1.46. The van der Waals surface area contributed by atoms with Gasteiger partial charge in [0, 0.05) is 27.7 Å². The van der Waals surface area contributed by atoms with Gasteiger partial charge in [0.15, 0.2) is 11.5 Å². The smallest absolute Gasteiger partial charge is 0.235 e. The van der Waals surface area contributed by atoms with Crippen molar-refractivity contribution >= 4 is 28.6 Å². The maximum atomic E-state index is 13.3. The zero-order chi connectivity index (χ0) is 21.1. The number of benzene rings is 2. The van der Waals surface area contributed by atoms with E-state index in [4.69, 9.17) is 9.47 Å². The van der Waals surface area contributed by atoms with Crippen molar-refractivity contribution in [3.8, 4) is 11.5 Å². The largest absolute Gasteiger partial charge is 0.454 e. The summed E-state index contributed by atoms with van der Waals surface area (Å²) in [5.74, 6) is 1.46. The highest BCUT2D eigenvalue weighted by Crippen LogP contribution is 2.51. The highest BCUT2D eigenvalue weighted by atomic mass is 16.7. The zero-order valence-corrected chi connectivity index (χ0v) is 17.6. The van der Waals surface area contributed by atoms with Gasteiger partial charge in [-0.05, 0) is 48.7 Å². The third-order valence-electron chi connectivity index (χ3n) is 6.15. The summed E-state index contributed by atoms with van der Waals surface area (Å²) in [6.45, 7) is 10.7. The molecule has 30 heavy (non-hydrogen) atoms. The summed E-state index contributed by atoms with van der Waals surface area (Å²) in [7, 11) is 0. The van der Waals surface area contributed by atoms with E-state index < -0.39 is 5.41 Å². The van der Waals surface area contributed by atoms with Crippen LogP contribution in [0.25, 0.3) is 17.0 Å². The van der Waals surface area contributed by atoms with E-state index in [2.05, 4.69) is 43.7 Å². The van der Waals surface area contributed by atoms with Gasteiger partial charge in [-0.25, -0.2) is 0 Å². The van der Waals surface area contributed by atoms with Crippen molar-refractivity contribution < 1.29 is 14.3 Å². The number of amides is 1. The summed E-state index contributed by atoms with van der Waals surface area (Å²) < 4.78 is 10.9. The van der Waals surface area contributed by atoms with Gasteiger partial charge in [0.1, 0.15) is 0 Å². The van der Waals surface area contributed by atoms with E-state index in [1.165, 1.54) is 0 Å². The zero-order valence-electron chi connectivity index (χ0n) is 17.6. The van der Waals surface area contributed by atoms with Crippen LogP contribution in [0.1, 0.15) is 50.4 Å². The Morgan fingerprint density at radius 1 is 1.13 bits per heavy atom. The number of nitrogens with one attached hydrogen (secondary N) is 2. The third-order valence-corrected chi connectivity index (χ3v) is 6.15. The van der Waals surface area contributed by atoms with Crippen LogP contribution >= 0.6 is 0 Å². The van der Waals surface area contributed by atoms with Crippen LogP contribution in [0.5, 0.6) is 11.5 Å². The lowest BCUT2D eigenvalue weighted by Gasteiger charge is -2.17. The standard InChI is InChI=1S/C25H26N2O3/c1-5-15-10-18(11-16-12-21(24(2,3)4)27-22(15)16)26-23(28)25(8-9-25)17-6-7-19-20(13-17)30-14-29-19/h5-7,10-13,27H,1,8-9,14H2,2-4H3,(H,26,28).